The van der Waals surface area contributed by atoms with Crippen LogP contribution in [0.1, 0.15) is 15.9 Å². The molecule has 0 amide bonds. The molecule has 3 rings (SSSR count). The number of ketones is 1. The van der Waals surface area contributed by atoms with Gasteiger partial charge in [-0.3, -0.25) is 4.79 Å². The van der Waals surface area contributed by atoms with Crippen LogP contribution in [0, 0.1) is 5.82 Å². The number of aromatic amines is 1. The summed E-state index contributed by atoms with van der Waals surface area (Å²) in [7, 11) is 1.11. The van der Waals surface area contributed by atoms with Gasteiger partial charge in [-0.2, -0.15) is 0 Å². The minimum Gasteiger partial charge on any atom is -0.485 e. The van der Waals surface area contributed by atoms with Gasteiger partial charge in [-0.1, -0.05) is 30.3 Å². The number of methoxy groups -OCH3 is 1. The summed E-state index contributed by atoms with van der Waals surface area (Å²) in [6.45, 7) is 0.117. The molecule has 0 aliphatic heterocycles. The zero-order chi connectivity index (χ0) is 18.0. The molecule has 0 saturated carbocycles. The first-order valence-electron chi connectivity index (χ1n) is 7.31. The highest BCUT2D eigenvalue weighted by Gasteiger charge is 2.25. The smallest absolute Gasteiger partial charge is 0.379 e. The molecule has 25 heavy (non-hydrogen) atoms. The van der Waals surface area contributed by atoms with Crippen molar-refractivity contribution in [1.29, 1.82) is 0 Å². The van der Waals surface area contributed by atoms with Crippen LogP contribution in [0.5, 0.6) is 5.75 Å². The first-order chi connectivity index (χ1) is 12.0. The molecule has 0 aliphatic carbocycles. The van der Waals surface area contributed by atoms with E-state index in [4.69, 9.17) is 4.74 Å². The van der Waals surface area contributed by atoms with Crippen LogP contribution >= 0.6 is 15.9 Å². The number of aromatic nitrogens is 1. The molecular weight excluding hydrogens is 393 g/mol. The van der Waals surface area contributed by atoms with E-state index < -0.39 is 17.6 Å². The van der Waals surface area contributed by atoms with Gasteiger partial charge in [-0.15, -0.1) is 0 Å². The average molecular weight is 406 g/mol. The summed E-state index contributed by atoms with van der Waals surface area (Å²) in [5, 5.41) is 0.193. The van der Waals surface area contributed by atoms with Gasteiger partial charge >= 0.3 is 5.97 Å². The quantitative estimate of drug-likeness (QED) is 0.395. The second-order valence-electron chi connectivity index (χ2n) is 5.22. The van der Waals surface area contributed by atoms with Gasteiger partial charge in [0.1, 0.15) is 6.61 Å². The first kappa shape index (κ1) is 17.2. The lowest BCUT2D eigenvalue weighted by Crippen LogP contribution is -2.15. The summed E-state index contributed by atoms with van der Waals surface area (Å²) in [5.74, 6) is -2.66. The maximum atomic E-state index is 14.5. The number of esters is 1. The lowest BCUT2D eigenvalue weighted by molar-refractivity contribution is -0.135. The number of carbonyl (C=O) groups is 2. The van der Waals surface area contributed by atoms with Crippen LogP contribution in [-0.2, 0) is 16.1 Å². The van der Waals surface area contributed by atoms with Crippen molar-refractivity contribution in [3.05, 3.63) is 64.0 Å². The van der Waals surface area contributed by atoms with E-state index in [0.29, 0.717) is 9.99 Å². The van der Waals surface area contributed by atoms with Gasteiger partial charge in [0.05, 0.1) is 23.6 Å². The van der Waals surface area contributed by atoms with Crippen molar-refractivity contribution in [3.8, 4) is 5.75 Å². The van der Waals surface area contributed by atoms with Gasteiger partial charge in [0.2, 0.25) is 0 Å². The fourth-order valence-corrected chi connectivity index (χ4v) is 2.98. The van der Waals surface area contributed by atoms with Crippen LogP contribution < -0.4 is 4.74 Å². The number of ether oxygens (including phenoxy) is 2. The van der Waals surface area contributed by atoms with Gasteiger partial charge in [-0.25, -0.2) is 9.18 Å². The fourth-order valence-electron chi connectivity index (χ4n) is 2.47. The highest BCUT2D eigenvalue weighted by molar-refractivity contribution is 9.10. The van der Waals surface area contributed by atoms with E-state index >= 15 is 0 Å². The number of carbonyl (C=O) groups excluding carboxylic acids is 2. The van der Waals surface area contributed by atoms with E-state index in [0.717, 1.165) is 12.7 Å². The summed E-state index contributed by atoms with van der Waals surface area (Å²) in [6, 6.07) is 10.5. The Morgan fingerprint density at radius 2 is 1.96 bits per heavy atom. The number of rotatable bonds is 5. The Hall–Kier alpha value is -2.67. The maximum absolute atomic E-state index is 14.5. The molecule has 3 aromatic rings. The van der Waals surface area contributed by atoms with Gasteiger partial charge in [0.25, 0.3) is 5.78 Å². The van der Waals surface area contributed by atoms with E-state index in [-0.39, 0.29) is 23.3 Å². The average Bonchev–Trinajstić information content (AvgIpc) is 3.06. The van der Waals surface area contributed by atoms with E-state index in [1.165, 1.54) is 12.3 Å². The van der Waals surface area contributed by atoms with Crippen LogP contribution in [0.25, 0.3) is 10.9 Å². The lowest BCUT2D eigenvalue weighted by Gasteiger charge is -2.11. The van der Waals surface area contributed by atoms with Crippen LogP contribution in [0.4, 0.5) is 4.39 Å². The van der Waals surface area contributed by atoms with Crippen LogP contribution in [0.2, 0.25) is 0 Å². The highest BCUT2D eigenvalue weighted by atomic mass is 79.9. The first-order valence-corrected chi connectivity index (χ1v) is 8.10. The normalized spacial score (nSPS) is 10.7. The summed E-state index contributed by atoms with van der Waals surface area (Å²) in [5.41, 5.74) is 1.29. The Kier molecular flexibility index (Phi) is 4.85. The molecule has 5 nitrogen and oxygen atoms in total. The molecule has 0 radical (unpaired) electrons. The number of Topliss-reactive ketones (excluding diaryl/α,β-unsaturated/α-hetero) is 1. The second kappa shape index (κ2) is 7.06. The molecule has 0 bridgehead atoms. The van der Waals surface area contributed by atoms with Crippen molar-refractivity contribution >= 4 is 38.6 Å². The van der Waals surface area contributed by atoms with Crippen molar-refractivity contribution in [3.63, 3.8) is 0 Å². The molecular formula is C18H13BrFNO4. The number of halogens is 2. The monoisotopic (exact) mass is 405 g/mol. The SMILES string of the molecule is COC(=O)C(=O)c1c[nH]c2c(Br)cc(F)c(OCc3ccccc3)c12. The summed E-state index contributed by atoms with van der Waals surface area (Å²) in [6.07, 6.45) is 1.34. The van der Waals surface area contributed by atoms with Gasteiger partial charge in [0, 0.05) is 10.7 Å². The Morgan fingerprint density at radius 3 is 2.64 bits per heavy atom. The molecule has 0 saturated heterocycles. The molecule has 0 unspecified atom stereocenters. The predicted octanol–water partition coefficient (Wildman–Crippen LogP) is 4.00. The van der Waals surface area contributed by atoms with E-state index in [2.05, 4.69) is 25.7 Å². The summed E-state index contributed by atoms with van der Waals surface area (Å²) < 4.78 is 25.0. The third-order valence-electron chi connectivity index (χ3n) is 3.66. The standard InChI is InChI=1S/C18H13BrFNO4/c1-24-18(23)16(22)11-8-21-15-12(19)7-13(20)17(14(11)15)25-9-10-5-3-2-4-6-10/h2-8,21H,9H2,1H3. The zero-order valence-electron chi connectivity index (χ0n) is 13.1. The molecule has 1 N–H and O–H groups in total. The Labute approximate surface area is 150 Å². The molecule has 0 aliphatic rings. The van der Waals surface area contributed by atoms with Crippen molar-refractivity contribution < 1.29 is 23.5 Å². The molecule has 128 valence electrons. The molecule has 0 spiro atoms. The van der Waals surface area contributed by atoms with Crippen LogP contribution in [0.15, 0.2) is 47.1 Å². The van der Waals surface area contributed by atoms with Crippen molar-refractivity contribution in [2.24, 2.45) is 0 Å². The number of fused-ring (bicyclic) bond motifs is 1. The maximum Gasteiger partial charge on any atom is 0.379 e. The second-order valence-corrected chi connectivity index (χ2v) is 6.07. The fraction of sp³-hybridized carbons (Fsp3) is 0.111. The number of H-pyrrole nitrogens is 1. The summed E-state index contributed by atoms with van der Waals surface area (Å²) in [4.78, 5) is 26.7. The summed E-state index contributed by atoms with van der Waals surface area (Å²) >= 11 is 3.24. The minimum atomic E-state index is -1.03. The van der Waals surface area contributed by atoms with Crippen LogP contribution in [-0.4, -0.2) is 23.8 Å². The van der Waals surface area contributed by atoms with Crippen molar-refractivity contribution in [1.82, 2.24) is 4.98 Å². The van der Waals surface area contributed by atoms with Crippen molar-refractivity contribution in [2.45, 2.75) is 6.61 Å². The van der Waals surface area contributed by atoms with Gasteiger partial charge in [0.15, 0.2) is 11.6 Å². The van der Waals surface area contributed by atoms with Gasteiger partial charge < -0.3 is 14.5 Å². The molecule has 0 fully saturated rings. The molecule has 7 heteroatoms. The number of hydrogen-bond donors (Lipinski definition) is 1. The third kappa shape index (κ3) is 3.28. The Balaban J connectivity index is 2.08. The number of benzene rings is 2. The molecule has 1 heterocycles. The van der Waals surface area contributed by atoms with E-state index in [9.17, 15) is 14.0 Å². The van der Waals surface area contributed by atoms with E-state index in [1.807, 2.05) is 30.3 Å². The van der Waals surface area contributed by atoms with Crippen LogP contribution in [0.3, 0.4) is 0 Å². The molecule has 0 atom stereocenters. The lowest BCUT2D eigenvalue weighted by atomic mass is 10.1. The zero-order valence-corrected chi connectivity index (χ0v) is 14.7. The third-order valence-corrected chi connectivity index (χ3v) is 4.28. The van der Waals surface area contributed by atoms with Gasteiger partial charge in [-0.05, 0) is 27.6 Å². The minimum absolute atomic E-state index is 0.00916. The number of nitrogens with one attached hydrogen (secondary N) is 1. The van der Waals surface area contributed by atoms with Crippen molar-refractivity contribution in [2.75, 3.05) is 7.11 Å². The molecule has 1 aromatic heterocycles. The predicted molar refractivity (Wildman–Crippen MR) is 93.1 cm³/mol. The molecule has 2 aromatic carbocycles. The van der Waals surface area contributed by atoms with E-state index in [1.54, 1.807) is 0 Å². The Bertz CT molecular complexity index is 953. The number of hydrogen-bond acceptors (Lipinski definition) is 4. The highest BCUT2D eigenvalue weighted by Crippen LogP contribution is 2.37. The Morgan fingerprint density at radius 1 is 1.24 bits per heavy atom. The largest absolute Gasteiger partial charge is 0.485 e. The topological polar surface area (TPSA) is 68.4 Å².